The summed E-state index contributed by atoms with van der Waals surface area (Å²) in [5, 5.41) is 22.3. The molecule has 0 aliphatic rings. The molecule has 297 valence electrons. The van der Waals surface area contributed by atoms with Crippen LogP contribution in [0.5, 0.6) is 17.2 Å². The molecule has 0 aliphatic carbocycles. The van der Waals surface area contributed by atoms with Crippen LogP contribution in [0.2, 0.25) is 0 Å². The molecule has 1 radical (unpaired) electrons. The predicted molar refractivity (Wildman–Crippen MR) is 254 cm³/mol. The van der Waals surface area contributed by atoms with Gasteiger partial charge in [-0.25, -0.2) is 0 Å². The second kappa shape index (κ2) is 26.4. The Hall–Kier alpha value is -2.18. The number of phenols is 1. The van der Waals surface area contributed by atoms with E-state index in [4.69, 9.17) is 19.5 Å². The van der Waals surface area contributed by atoms with E-state index >= 15 is 0 Å². The van der Waals surface area contributed by atoms with E-state index in [1.54, 1.807) is 48.0 Å². The Morgan fingerprint density at radius 1 is 0.583 bits per heavy atom. The van der Waals surface area contributed by atoms with Gasteiger partial charge in [0, 0.05) is 112 Å². The number of aromatic hydroxyl groups is 1. The van der Waals surface area contributed by atoms with Gasteiger partial charge in [0.25, 0.3) is 6.47 Å². The van der Waals surface area contributed by atoms with Gasteiger partial charge in [-0.2, -0.15) is 0 Å². The Bertz CT molecular complexity index is 3030. The van der Waals surface area contributed by atoms with E-state index in [1.165, 1.54) is 15.8 Å². The molecule has 9 nitrogen and oxygen atoms in total. The second-order valence-electron chi connectivity index (χ2n) is 11.9. The van der Waals surface area contributed by atoms with Crippen LogP contribution >= 0.6 is 56.6 Å². The fourth-order valence-electron chi connectivity index (χ4n) is 5.74. The fraction of sp³-hybridized carbons (Fsp3) is 0.111. The van der Waals surface area contributed by atoms with Crippen molar-refractivity contribution >= 4 is 175 Å². The van der Waals surface area contributed by atoms with Gasteiger partial charge < -0.3 is 24.7 Å². The number of hydrogen-bond donors (Lipinski definition) is 1. The van der Waals surface area contributed by atoms with Gasteiger partial charge in [-0.3, -0.25) is 19.2 Å². The van der Waals surface area contributed by atoms with Crippen LogP contribution in [0.4, 0.5) is 0 Å². The number of carbonyl (C=O) groups is 1. The zero-order chi connectivity index (χ0) is 41.6. The summed E-state index contributed by atoms with van der Waals surface area (Å²) < 4.78 is 17.6. The number of carbonyl (C=O) groups excluding carboxylic acids is 1. The Balaban J connectivity index is 0.000000219. The third-order valence-corrected chi connectivity index (χ3v) is 11.6. The van der Waals surface area contributed by atoms with E-state index in [9.17, 15) is 19.5 Å². The molecule has 9 rings (SSSR count). The fourth-order valence-corrected chi connectivity index (χ4v) is 9.04. The number of ether oxygens (including phenoxy) is 2. The summed E-state index contributed by atoms with van der Waals surface area (Å²) >= 11 is 7.05. The number of rotatable bonds is 4. The summed E-state index contributed by atoms with van der Waals surface area (Å²) in [5.41, 5.74) is 0.226. The molecule has 0 saturated heterocycles. The molecule has 0 unspecified atom stereocenters. The van der Waals surface area contributed by atoms with Crippen LogP contribution in [0.15, 0.2) is 142 Å². The van der Waals surface area contributed by atoms with Crippen molar-refractivity contribution in [3.8, 4) is 17.2 Å². The average Bonchev–Trinajstić information content (AvgIpc) is 3.24. The summed E-state index contributed by atoms with van der Waals surface area (Å²) in [6, 6.07) is 39.0. The van der Waals surface area contributed by atoms with E-state index in [2.05, 4.69) is 34.4 Å². The third kappa shape index (κ3) is 13.4. The average molecular weight is 1020 g/mol. The molecule has 0 spiro atoms. The van der Waals surface area contributed by atoms with Crippen molar-refractivity contribution in [3.05, 3.63) is 158 Å². The first-order valence-electron chi connectivity index (χ1n) is 17.7. The monoisotopic (exact) mass is 1020 g/mol. The summed E-state index contributed by atoms with van der Waals surface area (Å²) in [7, 11) is 1.63. The number of hydrogen-bond acceptors (Lipinski definition) is 12. The largest absolute Gasteiger partial charge is 1.00 e. The van der Waals surface area contributed by atoms with E-state index in [-0.39, 0.29) is 131 Å². The minimum Gasteiger partial charge on any atom is -0.662 e. The van der Waals surface area contributed by atoms with Gasteiger partial charge in [0.1, 0.15) is 17.2 Å². The van der Waals surface area contributed by atoms with Crippen molar-refractivity contribution in [3.63, 3.8) is 0 Å². The van der Waals surface area contributed by atoms with Crippen LogP contribution in [-0.4, -0.2) is 81.1 Å². The molecule has 0 fully saturated rings. The second-order valence-corrected chi connectivity index (χ2v) is 16.7. The Morgan fingerprint density at radius 3 is 1.30 bits per heavy atom. The van der Waals surface area contributed by atoms with Crippen LogP contribution in [-0.2, 0) is 9.68 Å². The topological polar surface area (TPSA) is 139 Å². The van der Waals surface area contributed by atoms with Crippen LogP contribution in [0.25, 0.3) is 60.5 Å². The standard InChI is InChI=1S/C15H12O2S.C14H10O2S.C13H8O2S.C2H5I.CH2O3.2K/c1-2-17-10-7-8-12-14(9-10)18-13-6-4-3-5-11(13)15(12)16;1-16-9-6-7-11-13(8-9)17-12-5-3-2-4-10(12)14(11)15;14-8-5-6-10-12(7-8)16-11-4-2-1-3-9(11)13(10)15;1-2-3;2-1-4-3;;/h3-9H,2H2,1H3;2-8H,1H3;1-7,14H;2H2,1H3;1,3H;;/q;;;;;;+1/p-1. The minimum absolute atomic E-state index is 0. The van der Waals surface area contributed by atoms with Crippen molar-refractivity contribution in [1.29, 1.82) is 0 Å². The molecule has 0 bridgehead atoms. The van der Waals surface area contributed by atoms with Crippen molar-refractivity contribution in [2.24, 2.45) is 0 Å². The van der Waals surface area contributed by atoms with Crippen molar-refractivity contribution in [2.75, 3.05) is 18.1 Å². The molecule has 1 N–H and O–H groups in total. The molecule has 3 aromatic heterocycles. The van der Waals surface area contributed by atoms with Crippen molar-refractivity contribution < 1.29 is 80.9 Å². The molecule has 6 aromatic carbocycles. The molecule has 60 heavy (non-hydrogen) atoms. The molecule has 0 amide bonds. The smallest absolute Gasteiger partial charge is 0.662 e. The van der Waals surface area contributed by atoms with Gasteiger partial charge in [0.05, 0.1) is 13.7 Å². The first kappa shape index (κ1) is 52.2. The van der Waals surface area contributed by atoms with Gasteiger partial charge in [0.2, 0.25) is 0 Å². The van der Waals surface area contributed by atoms with E-state index < -0.39 is 0 Å². The van der Waals surface area contributed by atoms with E-state index in [1.807, 2.05) is 116 Å². The predicted octanol–water partition coefficient (Wildman–Crippen LogP) is 6.86. The van der Waals surface area contributed by atoms with Gasteiger partial charge in [-0.05, 0) is 102 Å². The Kier molecular flexibility index (Phi) is 23.0. The van der Waals surface area contributed by atoms with Gasteiger partial charge >= 0.3 is 51.4 Å². The summed E-state index contributed by atoms with van der Waals surface area (Å²) in [6.07, 6.45) is 0. The van der Waals surface area contributed by atoms with E-state index in [0.717, 1.165) is 66.6 Å². The normalized spacial score (nSPS) is 9.95. The maximum absolute atomic E-state index is 12.3. The van der Waals surface area contributed by atoms with Gasteiger partial charge in [0.15, 0.2) is 16.3 Å². The van der Waals surface area contributed by atoms with Crippen LogP contribution in [0.1, 0.15) is 13.8 Å². The molecule has 0 aliphatic heterocycles. The van der Waals surface area contributed by atoms with Crippen LogP contribution in [0, 0.1) is 0 Å². The molecule has 15 heteroatoms. The third-order valence-electron chi connectivity index (χ3n) is 8.25. The SMILES string of the molecule is CCI.CCOc1ccc2c(=O)c3ccccc3sc2c1.COc1ccc2c(=O)c3ccccc3sc2c1.O=CO[O-].O=c1c2ccccc2sc2cc(O)ccc12.[K+].[K]. The summed E-state index contributed by atoms with van der Waals surface area (Å²) in [5.74, 6) is 1.79. The minimum atomic E-state index is -0.181. The summed E-state index contributed by atoms with van der Waals surface area (Å²) in [6.45, 7) is 4.52. The maximum atomic E-state index is 12.3. The number of benzene rings is 6. The molecule has 0 atom stereocenters. The van der Waals surface area contributed by atoms with Crippen molar-refractivity contribution in [1.82, 2.24) is 0 Å². The number of halogens is 1. The first-order chi connectivity index (χ1) is 28.2. The molecular formula is C45H36IK2O9S3. The van der Waals surface area contributed by atoms with Gasteiger partial charge in [-0.15, -0.1) is 34.0 Å². The molecular weight excluding hydrogens is 986 g/mol. The number of methoxy groups -OCH3 is 1. The van der Waals surface area contributed by atoms with Crippen LogP contribution < -0.4 is 82.4 Å². The van der Waals surface area contributed by atoms with Gasteiger partial charge in [-0.1, -0.05) is 65.9 Å². The summed E-state index contributed by atoms with van der Waals surface area (Å²) in [4.78, 5) is 48.0. The molecule has 3 heterocycles. The first-order valence-corrected chi connectivity index (χ1v) is 21.7. The molecule has 9 aromatic rings. The Morgan fingerprint density at radius 2 is 0.917 bits per heavy atom. The number of fused-ring (bicyclic) bond motifs is 6. The van der Waals surface area contributed by atoms with E-state index in [0.29, 0.717) is 12.0 Å². The number of phenolic OH excluding ortho intramolecular Hbond substituents is 1. The van der Waals surface area contributed by atoms with Crippen LogP contribution in [0.3, 0.4) is 0 Å². The maximum Gasteiger partial charge on any atom is 1.00 e. The quantitative estimate of drug-likeness (QED) is 0.0382. The molecule has 0 saturated carbocycles. The Labute approximate surface area is 455 Å². The van der Waals surface area contributed by atoms with Crippen molar-refractivity contribution in [2.45, 2.75) is 13.8 Å². The number of alkyl halides is 1. The zero-order valence-electron chi connectivity index (χ0n) is 33.4. The zero-order valence-corrected chi connectivity index (χ0v) is 44.3.